The smallest absolute Gasteiger partial charge is 0.366 e. The molecule has 4 heterocycles. The van der Waals surface area contributed by atoms with Crippen molar-refractivity contribution in [2.75, 3.05) is 38.0 Å². The monoisotopic (exact) mass is 574 g/mol. The zero-order valence-electron chi connectivity index (χ0n) is 22.2. The van der Waals surface area contributed by atoms with Crippen molar-refractivity contribution in [2.45, 2.75) is 31.0 Å². The number of piperazine rings is 1. The van der Waals surface area contributed by atoms with Crippen LogP contribution in [0.3, 0.4) is 0 Å². The number of rotatable bonds is 7. The van der Waals surface area contributed by atoms with E-state index in [0.29, 0.717) is 55.0 Å². The number of benzene rings is 1. The molecule has 0 aliphatic carbocycles. The van der Waals surface area contributed by atoms with Crippen LogP contribution in [0.1, 0.15) is 18.3 Å². The van der Waals surface area contributed by atoms with Crippen molar-refractivity contribution in [3.8, 4) is 11.1 Å². The third-order valence-electron chi connectivity index (χ3n) is 6.82. The normalized spacial score (nSPS) is 16.4. The number of nitrogens with zero attached hydrogens (tertiary/aromatic N) is 7. The average molecular weight is 575 g/mol. The Labute approximate surface area is 229 Å². The minimum Gasteiger partial charge on any atom is -0.366 e. The molecule has 0 bridgehead atoms. The molecule has 1 N–H and O–H groups in total. The molecule has 5 rings (SSSR count). The number of hydrogen-bond donors (Lipinski definition) is 1. The number of nitrogens with one attached hydrogen (secondary N) is 1. The Bertz CT molecular complexity index is 1620. The maximum Gasteiger partial charge on any atom is 0.435 e. The minimum atomic E-state index is -4.61. The third-order valence-corrected chi connectivity index (χ3v) is 8.70. The number of aromatic nitrogens is 5. The molecule has 0 amide bonds. The third kappa shape index (κ3) is 5.64. The SMILES string of the molecule is Cc1ccc(S(=O)(=O)N2CCN(C[C@H](C)Nc3ncnc4c(-c5cn(C)nc5C(F)(F)F)cccc34)CC2)cn1. The summed E-state index contributed by atoms with van der Waals surface area (Å²) in [5.41, 5.74) is 0.435. The fraction of sp³-hybridized carbons (Fsp3) is 0.385. The lowest BCUT2D eigenvalue weighted by Crippen LogP contribution is -2.50. The molecule has 3 aromatic heterocycles. The molecule has 1 fully saturated rings. The van der Waals surface area contributed by atoms with Crippen LogP contribution < -0.4 is 5.32 Å². The highest BCUT2D eigenvalue weighted by Crippen LogP contribution is 2.38. The lowest BCUT2D eigenvalue weighted by molar-refractivity contribution is -0.140. The summed E-state index contributed by atoms with van der Waals surface area (Å²) in [7, 11) is -2.16. The van der Waals surface area contributed by atoms with Crippen LogP contribution in [0.25, 0.3) is 22.0 Å². The van der Waals surface area contributed by atoms with Gasteiger partial charge in [0.2, 0.25) is 10.0 Å². The zero-order chi connectivity index (χ0) is 28.7. The second-order valence-electron chi connectivity index (χ2n) is 9.87. The van der Waals surface area contributed by atoms with Gasteiger partial charge >= 0.3 is 6.18 Å². The van der Waals surface area contributed by atoms with Crippen LogP contribution in [0.2, 0.25) is 0 Å². The average Bonchev–Trinajstić information content (AvgIpc) is 3.31. The fourth-order valence-electron chi connectivity index (χ4n) is 4.89. The Balaban J connectivity index is 1.28. The first kappa shape index (κ1) is 27.9. The molecule has 0 unspecified atom stereocenters. The summed E-state index contributed by atoms with van der Waals surface area (Å²) >= 11 is 0. The van der Waals surface area contributed by atoms with Gasteiger partial charge in [-0.25, -0.2) is 18.4 Å². The lowest BCUT2D eigenvalue weighted by Gasteiger charge is -2.35. The molecule has 0 radical (unpaired) electrons. The Morgan fingerprint density at radius 1 is 1.02 bits per heavy atom. The molecule has 1 aliphatic rings. The molecule has 212 valence electrons. The Kier molecular flexibility index (Phi) is 7.50. The van der Waals surface area contributed by atoms with Gasteiger partial charge in [-0.15, -0.1) is 0 Å². The van der Waals surface area contributed by atoms with Crippen molar-refractivity contribution in [1.29, 1.82) is 0 Å². The van der Waals surface area contributed by atoms with Crippen molar-refractivity contribution in [3.63, 3.8) is 0 Å². The van der Waals surface area contributed by atoms with Crippen LogP contribution in [0.15, 0.2) is 53.9 Å². The highest BCUT2D eigenvalue weighted by Gasteiger charge is 2.38. The van der Waals surface area contributed by atoms with Gasteiger partial charge in [-0.05, 0) is 32.0 Å². The van der Waals surface area contributed by atoms with Gasteiger partial charge in [0.05, 0.1) is 5.52 Å². The van der Waals surface area contributed by atoms with E-state index in [1.54, 1.807) is 37.3 Å². The maximum atomic E-state index is 13.6. The number of fused-ring (bicyclic) bond motifs is 1. The summed E-state index contributed by atoms with van der Waals surface area (Å²) in [4.78, 5) is 15.1. The van der Waals surface area contributed by atoms with Crippen molar-refractivity contribution in [2.24, 2.45) is 7.05 Å². The molecule has 40 heavy (non-hydrogen) atoms. The summed E-state index contributed by atoms with van der Waals surface area (Å²) in [6, 6.07) is 8.20. The topological polar surface area (TPSA) is 109 Å². The van der Waals surface area contributed by atoms with Crippen molar-refractivity contribution >= 4 is 26.7 Å². The molecule has 1 aromatic carbocycles. The molecule has 1 atom stereocenters. The van der Waals surface area contributed by atoms with Crippen LogP contribution in [-0.4, -0.2) is 81.1 Å². The Morgan fingerprint density at radius 3 is 2.45 bits per heavy atom. The van der Waals surface area contributed by atoms with Crippen LogP contribution in [-0.2, 0) is 23.2 Å². The second-order valence-corrected chi connectivity index (χ2v) is 11.8. The predicted octanol–water partition coefficient (Wildman–Crippen LogP) is 3.56. The first-order chi connectivity index (χ1) is 18.9. The van der Waals surface area contributed by atoms with E-state index in [1.165, 1.54) is 30.1 Å². The molecule has 1 saturated heterocycles. The second kappa shape index (κ2) is 10.7. The lowest BCUT2D eigenvalue weighted by atomic mass is 10.0. The molecule has 0 spiro atoms. The molecule has 1 aliphatic heterocycles. The van der Waals surface area contributed by atoms with Gasteiger partial charge in [0.25, 0.3) is 0 Å². The number of aryl methyl sites for hydroxylation is 2. The number of alkyl halides is 3. The summed E-state index contributed by atoms with van der Waals surface area (Å²) in [6.45, 7) is 6.22. The molecule has 4 aromatic rings. The largest absolute Gasteiger partial charge is 0.435 e. The highest BCUT2D eigenvalue weighted by atomic mass is 32.2. The first-order valence-electron chi connectivity index (χ1n) is 12.7. The van der Waals surface area contributed by atoms with Gasteiger partial charge in [0, 0.05) is 80.4 Å². The molecular weight excluding hydrogens is 545 g/mol. The van der Waals surface area contributed by atoms with Crippen LogP contribution in [0.5, 0.6) is 0 Å². The van der Waals surface area contributed by atoms with E-state index in [2.05, 4.69) is 30.3 Å². The molecule has 10 nitrogen and oxygen atoms in total. The molecule has 14 heteroatoms. The van der Waals surface area contributed by atoms with Gasteiger partial charge in [0.1, 0.15) is 17.0 Å². The van der Waals surface area contributed by atoms with Gasteiger partial charge in [-0.3, -0.25) is 14.6 Å². The van der Waals surface area contributed by atoms with E-state index >= 15 is 0 Å². The quantitative estimate of drug-likeness (QED) is 0.357. The number of hydrogen-bond acceptors (Lipinski definition) is 8. The van der Waals surface area contributed by atoms with E-state index in [0.717, 1.165) is 10.4 Å². The van der Waals surface area contributed by atoms with Crippen molar-refractivity contribution < 1.29 is 21.6 Å². The summed E-state index contributed by atoms with van der Waals surface area (Å²) in [5, 5.41) is 7.57. The fourth-order valence-corrected chi connectivity index (χ4v) is 6.26. The van der Waals surface area contributed by atoms with E-state index in [-0.39, 0.29) is 16.5 Å². The minimum absolute atomic E-state index is 0.0486. The van der Waals surface area contributed by atoms with Crippen LogP contribution in [0, 0.1) is 6.92 Å². The van der Waals surface area contributed by atoms with Crippen LogP contribution in [0.4, 0.5) is 19.0 Å². The highest BCUT2D eigenvalue weighted by molar-refractivity contribution is 7.89. The molecular formula is C26H29F3N8O2S. The number of para-hydroxylation sites is 1. The van der Waals surface area contributed by atoms with E-state index in [9.17, 15) is 21.6 Å². The Morgan fingerprint density at radius 2 is 1.77 bits per heavy atom. The van der Waals surface area contributed by atoms with Crippen LogP contribution >= 0.6 is 0 Å². The number of sulfonamides is 1. The van der Waals surface area contributed by atoms with Gasteiger partial charge in [-0.2, -0.15) is 22.6 Å². The zero-order valence-corrected chi connectivity index (χ0v) is 23.0. The summed E-state index contributed by atoms with van der Waals surface area (Å²) in [5.74, 6) is 0.505. The van der Waals surface area contributed by atoms with E-state index in [4.69, 9.17) is 0 Å². The Hall–Kier alpha value is -3.62. The van der Waals surface area contributed by atoms with Gasteiger partial charge in [0.15, 0.2) is 5.69 Å². The van der Waals surface area contributed by atoms with Crippen molar-refractivity contribution in [3.05, 3.63) is 60.4 Å². The van der Waals surface area contributed by atoms with E-state index in [1.807, 2.05) is 6.92 Å². The standard InChI is InChI=1S/C26H29F3N8O2S/c1-17-7-8-19(13-30-17)40(38,39)37-11-9-36(10-12-37)14-18(2)33-25-21-6-4-5-20(23(21)31-16-32-25)22-15-35(3)34-24(22)26(27,28)29/h4-8,13,15-16,18H,9-12,14H2,1-3H3,(H,31,32,33)/t18-/m0/s1. The maximum absolute atomic E-state index is 13.6. The van der Waals surface area contributed by atoms with Crippen molar-refractivity contribution in [1.82, 2.24) is 33.9 Å². The number of halogens is 3. The first-order valence-corrected chi connectivity index (χ1v) is 14.1. The predicted molar refractivity (Wildman–Crippen MR) is 144 cm³/mol. The summed E-state index contributed by atoms with van der Waals surface area (Å²) in [6.07, 6.45) is -0.556. The van der Waals surface area contributed by atoms with Gasteiger partial charge < -0.3 is 5.32 Å². The van der Waals surface area contributed by atoms with Gasteiger partial charge in [-0.1, -0.05) is 12.1 Å². The number of anilines is 1. The number of pyridine rings is 1. The molecule has 0 saturated carbocycles. The summed E-state index contributed by atoms with van der Waals surface area (Å²) < 4.78 is 69.5. The van der Waals surface area contributed by atoms with E-state index < -0.39 is 21.9 Å².